The van der Waals surface area contributed by atoms with E-state index in [1.807, 2.05) is 0 Å². The molecular formula is C28H45NO3. The Labute approximate surface area is 194 Å². The van der Waals surface area contributed by atoms with Gasteiger partial charge >= 0.3 is 0 Å². The van der Waals surface area contributed by atoms with Gasteiger partial charge in [-0.2, -0.15) is 0 Å². The molecule has 4 heteroatoms. The molecule has 4 saturated carbocycles. The van der Waals surface area contributed by atoms with E-state index in [0.29, 0.717) is 53.6 Å². The molecule has 12 unspecified atom stereocenters. The summed E-state index contributed by atoms with van der Waals surface area (Å²) in [7, 11) is 0. The van der Waals surface area contributed by atoms with Crippen LogP contribution in [-0.4, -0.2) is 51.2 Å². The summed E-state index contributed by atoms with van der Waals surface area (Å²) >= 11 is 0. The van der Waals surface area contributed by atoms with Crippen LogP contribution in [0.15, 0.2) is 0 Å². The van der Waals surface area contributed by atoms with Gasteiger partial charge in [0.2, 0.25) is 0 Å². The Morgan fingerprint density at radius 1 is 0.875 bits per heavy atom. The van der Waals surface area contributed by atoms with Gasteiger partial charge in [0.1, 0.15) is 5.78 Å². The molecule has 0 aromatic carbocycles. The Morgan fingerprint density at radius 2 is 1.66 bits per heavy atom. The maximum absolute atomic E-state index is 13.3. The molecule has 0 amide bonds. The van der Waals surface area contributed by atoms with E-state index in [1.165, 1.54) is 19.3 Å². The van der Waals surface area contributed by atoms with Gasteiger partial charge in [0, 0.05) is 31.0 Å². The predicted molar refractivity (Wildman–Crippen MR) is 125 cm³/mol. The van der Waals surface area contributed by atoms with Gasteiger partial charge in [-0.15, -0.1) is 0 Å². The Balaban J connectivity index is 1.32. The van der Waals surface area contributed by atoms with Gasteiger partial charge in [0.05, 0.1) is 11.7 Å². The maximum Gasteiger partial charge on any atom is 0.136 e. The second-order valence-corrected chi connectivity index (χ2v) is 13.8. The topological polar surface area (TPSA) is 60.8 Å². The minimum absolute atomic E-state index is 0.0733. The van der Waals surface area contributed by atoms with E-state index in [0.717, 1.165) is 45.2 Å². The van der Waals surface area contributed by atoms with E-state index in [-0.39, 0.29) is 23.0 Å². The van der Waals surface area contributed by atoms with Crippen molar-refractivity contribution in [2.45, 2.75) is 103 Å². The summed E-state index contributed by atoms with van der Waals surface area (Å²) in [6.07, 6.45) is 8.97. The number of fused-ring (bicyclic) bond motifs is 8. The van der Waals surface area contributed by atoms with Crippen molar-refractivity contribution in [1.29, 1.82) is 0 Å². The molecule has 0 spiro atoms. The number of hydrogen-bond donors (Lipinski definition) is 2. The Morgan fingerprint density at radius 3 is 2.44 bits per heavy atom. The summed E-state index contributed by atoms with van der Waals surface area (Å²) < 4.78 is 0. The van der Waals surface area contributed by atoms with Crippen LogP contribution in [0.5, 0.6) is 0 Å². The van der Waals surface area contributed by atoms with Crippen molar-refractivity contribution in [3.63, 3.8) is 0 Å². The van der Waals surface area contributed by atoms with E-state index < -0.39 is 5.60 Å². The van der Waals surface area contributed by atoms with Crippen molar-refractivity contribution < 1.29 is 15.0 Å². The van der Waals surface area contributed by atoms with Crippen molar-refractivity contribution in [1.82, 2.24) is 4.90 Å². The van der Waals surface area contributed by atoms with E-state index in [9.17, 15) is 15.0 Å². The van der Waals surface area contributed by atoms with Gasteiger partial charge < -0.3 is 10.2 Å². The maximum atomic E-state index is 13.3. The second-order valence-electron chi connectivity index (χ2n) is 13.8. The number of Topliss-reactive ketones (excluding diaryl/α,β-unsaturated/α-hetero) is 1. The number of carbonyl (C=O) groups excluding carboxylic acids is 1. The smallest absolute Gasteiger partial charge is 0.136 e. The van der Waals surface area contributed by atoms with Crippen LogP contribution in [0.25, 0.3) is 0 Å². The molecule has 6 fully saturated rings. The molecule has 0 bridgehead atoms. The summed E-state index contributed by atoms with van der Waals surface area (Å²) in [6, 6.07) is 0. The van der Waals surface area contributed by atoms with Crippen LogP contribution in [-0.2, 0) is 4.79 Å². The normalized spacial score (nSPS) is 60.1. The zero-order valence-electron chi connectivity index (χ0n) is 20.7. The molecule has 32 heavy (non-hydrogen) atoms. The minimum Gasteiger partial charge on any atom is -0.393 e. The average Bonchev–Trinajstić information content (AvgIpc) is 3.11. The number of piperidine rings is 2. The first-order valence-electron chi connectivity index (χ1n) is 13.7. The van der Waals surface area contributed by atoms with Crippen LogP contribution in [0.2, 0.25) is 0 Å². The molecule has 2 aliphatic heterocycles. The summed E-state index contributed by atoms with van der Waals surface area (Å²) in [6.45, 7) is 11.5. The fourth-order valence-corrected chi connectivity index (χ4v) is 10.6. The van der Waals surface area contributed by atoms with Gasteiger partial charge in [-0.1, -0.05) is 13.8 Å². The molecule has 0 radical (unpaired) electrons. The molecule has 6 aliphatic rings. The highest BCUT2D eigenvalue weighted by Crippen LogP contribution is 2.67. The first-order chi connectivity index (χ1) is 15.1. The van der Waals surface area contributed by atoms with E-state index in [1.54, 1.807) is 0 Å². The van der Waals surface area contributed by atoms with E-state index >= 15 is 0 Å². The zero-order chi connectivity index (χ0) is 22.6. The first-order valence-corrected chi connectivity index (χ1v) is 13.7. The summed E-state index contributed by atoms with van der Waals surface area (Å²) in [5.74, 6) is 4.70. The molecule has 2 saturated heterocycles. The molecular weight excluding hydrogens is 398 g/mol. The van der Waals surface area contributed by atoms with Gasteiger partial charge in [0.25, 0.3) is 0 Å². The van der Waals surface area contributed by atoms with Crippen LogP contribution in [0.4, 0.5) is 0 Å². The second kappa shape index (κ2) is 7.04. The highest BCUT2D eigenvalue weighted by Gasteiger charge is 2.66. The van der Waals surface area contributed by atoms with Gasteiger partial charge in [0.15, 0.2) is 0 Å². The summed E-state index contributed by atoms with van der Waals surface area (Å²) in [5, 5.41) is 22.4. The molecule has 180 valence electrons. The Hall–Kier alpha value is -0.450. The molecule has 4 aliphatic carbocycles. The average molecular weight is 444 g/mol. The minimum atomic E-state index is -0.633. The number of aliphatic hydroxyl groups excluding tert-OH is 1. The largest absolute Gasteiger partial charge is 0.393 e. The van der Waals surface area contributed by atoms with Gasteiger partial charge in [-0.25, -0.2) is 0 Å². The third-order valence-corrected chi connectivity index (χ3v) is 12.6. The third-order valence-electron chi connectivity index (χ3n) is 12.6. The number of hydrogen-bond acceptors (Lipinski definition) is 4. The number of ketones is 1. The fourth-order valence-electron chi connectivity index (χ4n) is 10.6. The third kappa shape index (κ3) is 2.75. The van der Waals surface area contributed by atoms with Crippen molar-refractivity contribution in [2.24, 2.45) is 52.8 Å². The lowest BCUT2D eigenvalue weighted by Crippen LogP contribution is -2.73. The summed E-state index contributed by atoms with van der Waals surface area (Å²) in [4.78, 5) is 16.0. The van der Waals surface area contributed by atoms with Crippen molar-refractivity contribution in [3.8, 4) is 0 Å². The van der Waals surface area contributed by atoms with Crippen LogP contribution in [0, 0.1) is 52.8 Å². The Bertz CT molecular complexity index is 796. The van der Waals surface area contributed by atoms with Crippen molar-refractivity contribution >= 4 is 5.78 Å². The lowest BCUT2D eigenvalue weighted by atomic mass is 9.51. The quantitative estimate of drug-likeness (QED) is 0.587. The number of nitrogens with zero attached hydrogens (tertiary/aromatic N) is 1. The monoisotopic (exact) mass is 443 g/mol. The number of rotatable bonds is 0. The molecule has 0 aromatic rings. The van der Waals surface area contributed by atoms with Crippen LogP contribution in [0.1, 0.15) is 85.5 Å². The number of aliphatic hydroxyl groups is 2. The lowest BCUT2D eigenvalue weighted by molar-refractivity contribution is -0.218. The van der Waals surface area contributed by atoms with E-state index in [2.05, 4.69) is 32.6 Å². The predicted octanol–water partition coefficient (Wildman–Crippen LogP) is 4.28. The van der Waals surface area contributed by atoms with Crippen LogP contribution >= 0.6 is 0 Å². The van der Waals surface area contributed by atoms with E-state index in [4.69, 9.17) is 0 Å². The molecule has 0 aromatic heterocycles. The molecule has 4 nitrogen and oxygen atoms in total. The highest BCUT2D eigenvalue weighted by molar-refractivity contribution is 5.83. The number of carbonyl (C=O) groups is 1. The molecule has 2 N–H and O–H groups in total. The van der Waals surface area contributed by atoms with Crippen LogP contribution in [0.3, 0.4) is 0 Å². The Kier molecular flexibility index (Phi) is 4.85. The highest BCUT2D eigenvalue weighted by atomic mass is 16.3. The molecule has 6 rings (SSSR count). The molecule has 12 atom stereocenters. The van der Waals surface area contributed by atoms with Crippen molar-refractivity contribution in [2.75, 3.05) is 13.1 Å². The van der Waals surface area contributed by atoms with Crippen LogP contribution < -0.4 is 0 Å². The lowest BCUT2D eigenvalue weighted by Gasteiger charge is -2.65. The standard InChI is InChI=1S/C28H45NO3/c1-16-7-10-27(3)28(4,32)22-6-5-18-19(21(22)15-29(27)14-16)12-23-20(18)13-25(31)24-11-17(30)8-9-26(23,24)2/h16-24,30,32H,5-15H2,1-4H3. The summed E-state index contributed by atoms with van der Waals surface area (Å²) in [5.41, 5.74) is -0.644. The van der Waals surface area contributed by atoms with Crippen molar-refractivity contribution in [3.05, 3.63) is 0 Å². The zero-order valence-corrected chi connectivity index (χ0v) is 20.7. The molecule has 2 heterocycles. The van der Waals surface area contributed by atoms with Gasteiger partial charge in [-0.05, 0) is 112 Å². The SMILES string of the molecule is CC1CCC2(C)N(C1)CC1C3CC4C(CC(=O)C5CC(O)CCC54C)C3CCC1C2(C)O. The fraction of sp³-hybridized carbons (Fsp3) is 0.964. The van der Waals surface area contributed by atoms with Gasteiger partial charge in [-0.3, -0.25) is 9.69 Å². The first kappa shape index (κ1) is 22.0.